The molecule has 1 aromatic heterocycles. The smallest absolute Gasteiger partial charge is 0.315 e. The van der Waals surface area contributed by atoms with Crippen molar-refractivity contribution >= 4 is 6.03 Å². The maximum atomic E-state index is 11.5. The van der Waals surface area contributed by atoms with Gasteiger partial charge in [0.05, 0.1) is 5.69 Å². The summed E-state index contributed by atoms with van der Waals surface area (Å²) in [5.74, 6) is 0. The number of nitrogens with one attached hydrogen (secondary N) is 2. The molecule has 0 spiro atoms. The summed E-state index contributed by atoms with van der Waals surface area (Å²) < 4.78 is 1.88. The van der Waals surface area contributed by atoms with Crippen molar-refractivity contribution in [1.29, 1.82) is 0 Å². The van der Waals surface area contributed by atoms with E-state index in [0.29, 0.717) is 6.54 Å². The number of aromatic nitrogens is 2. The molecule has 0 saturated carbocycles. The van der Waals surface area contributed by atoms with E-state index >= 15 is 0 Å². The van der Waals surface area contributed by atoms with Gasteiger partial charge in [-0.3, -0.25) is 4.68 Å². The fourth-order valence-electron chi connectivity index (χ4n) is 1.86. The Bertz CT molecular complexity index is 411. The van der Waals surface area contributed by atoms with E-state index in [0.717, 1.165) is 24.2 Å². The van der Waals surface area contributed by atoms with Crippen molar-refractivity contribution in [2.24, 2.45) is 7.05 Å². The molecule has 0 aromatic carbocycles. The van der Waals surface area contributed by atoms with Crippen LogP contribution in [-0.4, -0.2) is 28.4 Å². The number of urea groups is 1. The first kappa shape index (κ1) is 14.5. The average Bonchev–Trinajstić information content (AvgIpc) is 2.55. The molecule has 0 fully saturated rings. The van der Waals surface area contributed by atoms with E-state index in [4.69, 9.17) is 0 Å². The molecule has 0 radical (unpaired) electrons. The normalized spacial score (nSPS) is 12.3. The molecule has 0 aliphatic heterocycles. The van der Waals surface area contributed by atoms with E-state index < -0.39 is 0 Å². The van der Waals surface area contributed by atoms with Crippen molar-refractivity contribution in [3.05, 3.63) is 17.0 Å². The summed E-state index contributed by atoms with van der Waals surface area (Å²) in [5.41, 5.74) is 3.43. The summed E-state index contributed by atoms with van der Waals surface area (Å²) in [5, 5.41) is 10.1. The highest BCUT2D eigenvalue weighted by atomic mass is 16.2. The molecule has 0 bridgehead atoms. The van der Waals surface area contributed by atoms with Gasteiger partial charge in [0.1, 0.15) is 0 Å². The van der Waals surface area contributed by atoms with Crippen LogP contribution in [0.4, 0.5) is 4.79 Å². The van der Waals surface area contributed by atoms with Crippen LogP contribution in [0.25, 0.3) is 0 Å². The molecule has 0 aliphatic rings. The van der Waals surface area contributed by atoms with Crippen molar-refractivity contribution < 1.29 is 4.79 Å². The Labute approximate surface area is 109 Å². The molecule has 1 aromatic rings. The number of hydrogen-bond acceptors (Lipinski definition) is 2. The number of rotatable bonds is 5. The number of carbonyl (C=O) groups excluding carboxylic acids is 1. The summed E-state index contributed by atoms with van der Waals surface area (Å²) in [7, 11) is 1.94. The number of nitrogens with zero attached hydrogens (tertiary/aromatic N) is 2. The molecule has 0 unspecified atom stereocenters. The lowest BCUT2D eigenvalue weighted by Gasteiger charge is -2.12. The third-order valence-corrected chi connectivity index (χ3v) is 3.31. The van der Waals surface area contributed by atoms with Crippen molar-refractivity contribution in [2.45, 2.75) is 46.6 Å². The lowest BCUT2D eigenvalue weighted by Crippen LogP contribution is -2.41. The van der Waals surface area contributed by atoms with Gasteiger partial charge in [0, 0.05) is 25.3 Å². The second-order valence-electron chi connectivity index (χ2n) is 4.73. The van der Waals surface area contributed by atoms with Crippen LogP contribution in [0.15, 0.2) is 0 Å². The maximum Gasteiger partial charge on any atom is 0.315 e. The van der Waals surface area contributed by atoms with Crippen molar-refractivity contribution in [1.82, 2.24) is 20.4 Å². The van der Waals surface area contributed by atoms with Crippen LogP contribution >= 0.6 is 0 Å². The minimum atomic E-state index is -0.0939. The largest absolute Gasteiger partial charge is 0.338 e. The van der Waals surface area contributed by atoms with Gasteiger partial charge in [-0.1, -0.05) is 6.92 Å². The Kier molecular flexibility index (Phi) is 5.19. The Hall–Kier alpha value is -1.52. The van der Waals surface area contributed by atoms with Crippen molar-refractivity contribution in [2.75, 3.05) is 6.54 Å². The van der Waals surface area contributed by atoms with Crippen molar-refractivity contribution in [3.63, 3.8) is 0 Å². The summed E-state index contributed by atoms with van der Waals surface area (Å²) in [6.45, 7) is 8.73. The Morgan fingerprint density at radius 1 is 1.44 bits per heavy atom. The first-order chi connectivity index (χ1) is 8.45. The van der Waals surface area contributed by atoms with Crippen LogP contribution in [0.1, 0.15) is 37.2 Å². The maximum absolute atomic E-state index is 11.5. The van der Waals surface area contributed by atoms with Gasteiger partial charge in [-0.15, -0.1) is 0 Å². The summed E-state index contributed by atoms with van der Waals surface area (Å²) >= 11 is 0. The quantitative estimate of drug-likeness (QED) is 0.837. The van der Waals surface area contributed by atoms with Crippen LogP contribution in [0.5, 0.6) is 0 Å². The lowest BCUT2D eigenvalue weighted by molar-refractivity contribution is 0.237. The van der Waals surface area contributed by atoms with Crippen LogP contribution < -0.4 is 10.6 Å². The molecular formula is C13H24N4O. The van der Waals surface area contributed by atoms with Gasteiger partial charge in [-0.2, -0.15) is 5.10 Å². The highest BCUT2D eigenvalue weighted by Crippen LogP contribution is 2.11. The minimum Gasteiger partial charge on any atom is -0.338 e. The van der Waals surface area contributed by atoms with Crippen LogP contribution in [0.3, 0.4) is 0 Å². The third-order valence-electron chi connectivity index (χ3n) is 3.31. The van der Waals surface area contributed by atoms with E-state index in [-0.39, 0.29) is 12.1 Å². The second-order valence-corrected chi connectivity index (χ2v) is 4.73. The van der Waals surface area contributed by atoms with Gasteiger partial charge >= 0.3 is 6.03 Å². The Balaban J connectivity index is 2.40. The Morgan fingerprint density at radius 2 is 2.11 bits per heavy atom. The second kappa shape index (κ2) is 6.42. The van der Waals surface area contributed by atoms with Gasteiger partial charge in [0.15, 0.2) is 0 Å². The summed E-state index contributed by atoms with van der Waals surface area (Å²) in [6.07, 6.45) is 1.76. The number of aryl methyl sites for hydroxylation is 2. The number of carbonyl (C=O) groups is 1. The van der Waals surface area contributed by atoms with Crippen LogP contribution in [0.2, 0.25) is 0 Å². The van der Waals surface area contributed by atoms with Gasteiger partial charge in [-0.25, -0.2) is 4.79 Å². The van der Waals surface area contributed by atoms with Gasteiger partial charge in [0.25, 0.3) is 0 Å². The van der Waals surface area contributed by atoms with Gasteiger partial charge in [-0.05, 0) is 39.2 Å². The zero-order valence-electron chi connectivity index (χ0n) is 12.0. The van der Waals surface area contributed by atoms with Gasteiger partial charge in [0.2, 0.25) is 0 Å². The molecule has 0 saturated heterocycles. The lowest BCUT2D eigenvalue weighted by atomic mass is 10.1. The van der Waals surface area contributed by atoms with Crippen molar-refractivity contribution in [3.8, 4) is 0 Å². The minimum absolute atomic E-state index is 0.0939. The molecule has 0 aliphatic carbocycles. The molecule has 18 heavy (non-hydrogen) atoms. The highest BCUT2D eigenvalue weighted by Gasteiger charge is 2.09. The van der Waals surface area contributed by atoms with Crippen LogP contribution in [-0.2, 0) is 13.5 Å². The fraction of sp³-hybridized carbons (Fsp3) is 0.692. The molecular weight excluding hydrogens is 228 g/mol. The average molecular weight is 252 g/mol. The summed E-state index contributed by atoms with van der Waals surface area (Å²) in [6, 6.07) is 0.121. The predicted molar refractivity (Wildman–Crippen MR) is 72.7 cm³/mol. The predicted octanol–water partition coefficient (Wildman–Crippen LogP) is 1.68. The third kappa shape index (κ3) is 3.75. The van der Waals surface area contributed by atoms with E-state index in [1.807, 2.05) is 32.5 Å². The first-order valence-corrected chi connectivity index (χ1v) is 6.49. The number of hydrogen-bond donors (Lipinski definition) is 2. The zero-order chi connectivity index (χ0) is 13.7. The van der Waals surface area contributed by atoms with E-state index in [1.165, 1.54) is 5.56 Å². The Morgan fingerprint density at radius 3 is 2.61 bits per heavy atom. The topological polar surface area (TPSA) is 59.0 Å². The molecule has 102 valence electrons. The molecule has 1 atom stereocenters. The standard InChI is InChI=1S/C13H24N4O/c1-6-9(2)15-13(18)14-8-7-12-10(3)16-17(5)11(12)4/h9H,6-8H2,1-5H3,(H2,14,15,18)/t9-/m1/s1. The SMILES string of the molecule is CC[C@@H](C)NC(=O)NCCc1c(C)nn(C)c1C. The monoisotopic (exact) mass is 252 g/mol. The van der Waals surface area contributed by atoms with Gasteiger partial charge < -0.3 is 10.6 Å². The fourth-order valence-corrected chi connectivity index (χ4v) is 1.86. The molecule has 5 heteroatoms. The van der Waals surface area contributed by atoms with E-state index in [9.17, 15) is 4.79 Å². The number of amides is 2. The molecule has 2 N–H and O–H groups in total. The van der Waals surface area contributed by atoms with Crippen LogP contribution in [0, 0.1) is 13.8 Å². The molecule has 1 heterocycles. The summed E-state index contributed by atoms with van der Waals surface area (Å²) in [4.78, 5) is 11.5. The molecule has 5 nitrogen and oxygen atoms in total. The van der Waals surface area contributed by atoms with E-state index in [1.54, 1.807) is 0 Å². The highest BCUT2D eigenvalue weighted by molar-refractivity contribution is 5.74. The zero-order valence-corrected chi connectivity index (χ0v) is 12.0. The first-order valence-electron chi connectivity index (χ1n) is 6.49. The molecule has 1 rings (SSSR count). The molecule has 2 amide bonds. The van der Waals surface area contributed by atoms with E-state index in [2.05, 4.69) is 22.7 Å².